The first kappa shape index (κ1) is 14.5. The molecule has 1 aromatic carbocycles. The van der Waals surface area contributed by atoms with Gasteiger partial charge in [-0.2, -0.15) is 0 Å². The largest absolute Gasteiger partial charge is 0.480 e. The molecule has 1 amide bonds. The van der Waals surface area contributed by atoms with Gasteiger partial charge in [-0.15, -0.1) is 0 Å². The topological polar surface area (TPSA) is 75.6 Å². The number of ether oxygens (including phenoxy) is 1. The van der Waals surface area contributed by atoms with Crippen LogP contribution in [0, 0.1) is 5.92 Å². The van der Waals surface area contributed by atoms with E-state index >= 15 is 0 Å². The van der Waals surface area contributed by atoms with Gasteiger partial charge in [0.1, 0.15) is 6.04 Å². The van der Waals surface area contributed by atoms with Crippen LogP contribution in [0.5, 0.6) is 0 Å². The lowest BCUT2D eigenvalue weighted by molar-refractivity contribution is -0.144. The number of aliphatic carboxylic acids is 1. The maximum absolute atomic E-state index is 12.2. The lowest BCUT2D eigenvalue weighted by Crippen LogP contribution is -2.44. The molecule has 5 heteroatoms. The quantitative estimate of drug-likeness (QED) is 0.879. The molecule has 5 nitrogen and oxygen atoms in total. The van der Waals surface area contributed by atoms with Crippen LogP contribution < -0.4 is 5.32 Å². The number of amides is 1. The van der Waals surface area contributed by atoms with Gasteiger partial charge in [0.15, 0.2) is 0 Å². The van der Waals surface area contributed by atoms with Gasteiger partial charge in [-0.05, 0) is 25.3 Å². The molecule has 20 heavy (non-hydrogen) atoms. The van der Waals surface area contributed by atoms with Crippen LogP contribution in [-0.2, 0) is 14.3 Å². The molecule has 0 radical (unpaired) electrons. The van der Waals surface area contributed by atoms with Crippen LogP contribution in [0.25, 0.3) is 0 Å². The molecular formula is C15H19NO4. The van der Waals surface area contributed by atoms with Crippen molar-refractivity contribution in [3.63, 3.8) is 0 Å². The number of hydrogen-bond donors (Lipinski definition) is 2. The van der Waals surface area contributed by atoms with E-state index in [-0.39, 0.29) is 17.9 Å². The maximum atomic E-state index is 12.2. The zero-order chi connectivity index (χ0) is 14.5. The molecule has 1 aromatic rings. The van der Waals surface area contributed by atoms with Gasteiger partial charge in [-0.25, -0.2) is 0 Å². The fourth-order valence-corrected chi connectivity index (χ4v) is 2.40. The van der Waals surface area contributed by atoms with Crippen LogP contribution in [0.3, 0.4) is 0 Å². The number of carbonyl (C=O) groups is 2. The predicted molar refractivity (Wildman–Crippen MR) is 73.1 cm³/mol. The first-order valence-electron chi connectivity index (χ1n) is 6.79. The normalized spacial score (nSPS) is 23.9. The van der Waals surface area contributed by atoms with Crippen LogP contribution in [-0.4, -0.2) is 29.6 Å². The van der Waals surface area contributed by atoms with Crippen molar-refractivity contribution in [1.29, 1.82) is 0 Å². The fourth-order valence-electron chi connectivity index (χ4n) is 2.40. The Labute approximate surface area is 117 Å². The third-order valence-electron chi connectivity index (χ3n) is 3.52. The molecule has 0 spiro atoms. The average Bonchev–Trinajstić information content (AvgIpc) is 2.48. The molecule has 108 valence electrons. The van der Waals surface area contributed by atoms with Crippen molar-refractivity contribution in [1.82, 2.24) is 5.32 Å². The van der Waals surface area contributed by atoms with Gasteiger partial charge in [-0.3, -0.25) is 9.59 Å². The van der Waals surface area contributed by atoms with Crippen molar-refractivity contribution < 1.29 is 19.4 Å². The Hall–Kier alpha value is -1.88. The standard InChI is InChI=1S/C15H19NO4/c1-10(15(18)19)16-14(17)12-8-5-9-20-13(12)11-6-3-2-4-7-11/h2-4,6-7,10,12-13H,5,8-9H2,1H3,(H,16,17)(H,18,19)/t10-,12?,13?/m0/s1. The Morgan fingerprint density at radius 2 is 2.05 bits per heavy atom. The highest BCUT2D eigenvalue weighted by molar-refractivity contribution is 5.85. The third-order valence-corrected chi connectivity index (χ3v) is 3.52. The number of rotatable bonds is 4. The van der Waals surface area contributed by atoms with E-state index in [9.17, 15) is 9.59 Å². The van der Waals surface area contributed by atoms with Crippen molar-refractivity contribution in [2.45, 2.75) is 31.9 Å². The second-order valence-corrected chi connectivity index (χ2v) is 5.02. The third kappa shape index (κ3) is 3.36. The number of carboxylic acid groups (broad SMARTS) is 1. The molecule has 1 fully saturated rings. The lowest BCUT2D eigenvalue weighted by atomic mass is 9.88. The van der Waals surface area contributed by atoms with Gasteiger partial charge in [-0.1, -0.05) is 30.3 Å². The Bertz CT molecular complexity index is 474. The van der Waals surface area contributed by atoms with Crippen molar-refractivity contribution in [3.8, 4) is 0 Å². The van der Waals surface area contributed by atoms with Crippen LogP contribution in [0.1, 0.15) is 31.4 Å². The highest BCUT2D eigenvalue weighted by Gasteiger charge is 2.34. The molecule has 0 saturated carbocycles. The Morgan fingerprint density at radius 3 is 2.70 bits per heavy atom. The molecule has 1 aliphatic heterocycles. The summed E-state index contributed by atoms with van der Waals surface area (Å²) in [6.07, 6.45) is 1.21. The summed E-state index contributed by atoms with van der Waals surface area (Å²) in [5, 5.41) is 11.4. The molecule has 2 rings (SSSR count). The van der Waals surface area contributed by atoms with E-state index in [1.54, 1.807) is 0 Å². The molecule has 0 aliphatic carbocycles. The number of nitrogens with one attached hydrogen (secondary N) is 1. The average molecular weight is 277 g/mol. The van der Waals surface area contributed by atoms with E-state index in [1.165, 1.54) is 6.92 Å². The van der Waals surface area contributed by atoms with E-state index in [2.05, 4.69) is 5.32 Å². The summed E-state index contributed by atoms with van der Waals surface area (Å²) in [7, 11) is 0. The maximum Gasteiger partial charge on any atom is 0.325 e. The minimum Gasteiger partial charge on any atom is -0.480 e. The van der Waals surface area contributed by atoms with E-state index < -0.39 is 12.0 Å². The summed E-state index contributed by atoms with van der Waals surface area (Å²) in [5.74, 6) is -1.63. The SMILES string of the molecule is C[C@H](NC(=O)C1CCCOC1c1ccccc1)C(=O)O. The fraction of sp³-hybridized carbons (Fsp3) is 0.467. The second kappa shape index (κ2) is 6.52. The highest BCUT2D eigenvalue weighted by atomic mass is 16.5. The monoisotopic (exact) mass is 277 g/mol. The second-order valence-electron chi connectivity index (χ2n) is 5.02. The molecule has 2 N–H and O–H groups in total. The van der Waals surface area contributed by atoms with Crippen molar-refractivity contribution in [3.05, 3.63) is 35.9 Å². The van der Waals surface area contributed by atoms with E-state index in [0.717, 1.165) is 12.0 Å². The zero-order valence-corrected chi connectivity index (χ0v) is 11.4. The minimum absolute atomic E-state index is 0.256. The minimum atomic E-state index is -1.04. The highest BCUT2D eigenvalue weighted by Crippen LogP contribution is 2.33. The Morgan fingerprint density at radius 1 is 1.35 bits per heavy atom. The van der Waals surface area contributed by atoms with E-state index in [0.29, 0.717) is 13.0 Å². The molecule has 2 unspecified atom stereocenters. The first-order chi connectivity index (χ1) is 9.59. The molecule has 1 saturated heterocycles. The van der Waals surface area contributed by atoms with E-state index in [1.807, 2.05) is 30.3 Å². The first-order valence-corrected chi connectivity index (χ1v) is 6.79. The predicted octanol–water partition coefficient (Wildman–Crippen LogP) is 1.74. The number of hydrogen-bond acceptors (Lipinski definition) is 3. The summed E-state index contributed by atoms with van der Waals surface area (Å²) >= 11 is 0. The van der Waals surface area contributed by atoms with Gasteiger partial charge in [0.25, 0.3) is 0 Å². The molecule has 1 heterocycles. The summed E-state index contributed by atoms with van der Waals surface area (Å²) in [4.78, 5) is 23.1. The molecular weight excluding hydrogens is 258 g/mol. The van der Waals surface area contributed by atoms with Gasteiger partial charge in [0, 0.05) is 6.61 Å². The smallest absolute Gasteiger partial charge is 0.325 e. The number of carboxylic acids is 1. The Balaban J connectivity index is 2.11. The van der Waals surface area contributed by atoms with Crippen LogP contribution >= 0.6 is 0 Å². The summed E-state index contributed by atoms with van der Waals surface area (Å²) < 4.78 is 5.73. The van der Waals surface area contributed by atoms with Crippen LogP contribution in [0.15, 0.2) is 30.3 Å². The molecule has 0 bridgehead atoms. The lowest BCUT2D eigenvalue weighted by Gasteiger charge is -2.31. The van der Waals surface area contributed by atoms with Gasteiger partial charge < -0.3 is 15.2 Å². The van der Waals surface area contributed by atoms with Crippen LogP contribution in [0.2, 0.25) is 0 Å². The Kier molecular flexibility index (Phi) is 4.74. The summed E-state index contributed by atoms with van der Waals surface area (Å²) in [6.45, 7) is 2.08. The number of benzene rings is 1. The van der Waals surface area contributed by atoms with E-state index in [4.69, 9.17) is 9.84 Å². The summed E-state index contributed by atoms with van der Waals surface area (Å²) in [5.41, 5.74) is 0.954. The van der Waals surface area contributed by atoms with Gasteiger partial charge >= 0.3 is 5.97 Å². The number of carbonyl (C=O) groups excluding carboxylic acids is 1. The van der Waals surface area contributed by atoms with Crippen molar-refractivity contribution in [2.24, 2.45) is 5.92 Å². The van der Waals surface area contributed by atoms with Gasteiger partial charge in [0.2, 0.25) is 5.91 Å². The molecule has 0 aromatic heterocycles. The zero-order valence-electron chi connectivity index (χ0n) is 11.4. The van der Waals surface area contributed by atoms with Crippen molar-refractivity contribution >= 4 is 11.9 Å². The molecule has 3 atom stereocenters. The van der Waals surface area contributed by atoms with Crippen LogP contribution in [0.4, 0.5) is 0 Å². The van der Waals surface area contributed by atoms with Crippen molar-refractivity contribution in [2.75, 3.05) is 6.61 Å². The molecule has 1 aliphatic rings. The van der Waals surface area contributed by atoms with Gasteiger partial charge in [0.05, 0.1) is 12.0 Å². The summed E-state index contributed by atoms with van der Waals surface area (Å²) in [6, 6.07) is 8.69.